The summed E-state index contributed by atoms with van der Waals surface area (Å²) in [6.07, 6.45) is 3.71. The molecular weight excluding hydrogens is 351 g/mol. The van der Waals surface area contributed by atoms with Crippen LogP contribution in [0.2, 0.25) is 0 Å². The van der Waals surface area contributed by atoms with Crippen LogP contribution >= 0.6 is 24.8 Å². The number of methoxy groups -OCH3 is 2. The van der Waals surface area contributed by atoms with Crippen LogP contribution in [0, 0.1) is 5.92 Å². The maximum Gasteiger partial charge on any atom is 0.131 e. The lowest BCUT2D eigenvalue weighted by molar-refractivity contribution is 0.155. The highest BCUT2D eigenvalue weighted by Gasteiger charge is 2.33. The minimum Gasteiger partial charge on any atom is -0.507 e. The Morgan fingerprint density at radius 2 is 1.83 bits per heavy atom. The summed E-state index contributed by atoms with van der Waals surface area (Å²) in [5.74, 6) is 2.41. The van der Waals surface area contributed by atoms with Crippen molar-refractivity contribution in [2.75, 3.05) is 40.4 Å². The largest absolute Gasteiger partial charge is 0.507 e. The summed E-state index contributed by atoms with van der Waals surface area (Å²) in [5, 5.41) is 14.0. The molecule has 3 rings (SSSR count). The molecule has 24 heavy (non-hydrogen) atoms. The Labute approximate surface area is 156 Å². The number of phenolic OH excluding ortho intramolecular Hbond substituents is 1. The first-order valence-corrected chi connectivity index (χ1v) is 8.12. The van der Waals surface area contributed by atoms with E-state index in [0.717, 1.165) is 49.8 Å². The number of aromatic hydroxyl groups is 1. The molecule has 1 saturated heterocycles. The van der Waals surface area contributed by atoms with Crippen molar-refractivity contribution in [1.29, 1.82) is 0 Å². The van der Waals surface area contributed by atoms with Crippen molar-refractivity contribution in [3.63, 3.8) is 0 Å². The fourth-order valence-electron chi connectivity index (χ4n) is 3.32. The zero-order valence-electron chi connectivity index (χ0n) is 14.3. The molecule has 7 heteroatoms. The third kappa shape index (κ3) is 4.82. The van der Waals surface area contributed by atoms with Gasteiger partial charge < -0.3 is 19.9 Å². The van der Waals surface area contributed by atoms with Crippen LogP contribution in [-0.4, -0.2) is 50.4 Å². The van der Waals surface area contributed by atoms with Crippen molar-refractivity contribution in [2.45, 2.75) is 25.3 Å². The van der Waals surface area contributed by atoms with Crippen molar-refractivity contribution in [3.8, 4) is 17.2 Å². The second kappa shape index (κ2) is 9.56. The number of phenols is 1. The van der Waals surface area contributed by atoms with Crippen LogP contribution in [0.3, 0.4) is 0 Å². The lowest BCUT2D eigenvalue weighted by atomic mass is 9.96. The predicted octanol–water partition coefficient (Wildman–Crippen LogP) is 3.00. The van der Waals surface area contributed by atoms with Crippen molar-refractivity contribution >= 4 is 24.8 Å². The van der Waals surface area contributed by atoms with E-state index in [9.17, 15) is 5.11 Å². The highest BCUT2D eigenvalue weighted by atomic mass is 35.5. The van der Waals surface area contributed by atoms with E-state index in [-0.39, 0.29) is 36.6 Å². The molecule has 0 aromatic heterocycles. The van der Waals surface area contributed by atoms with E-state index >= 15 is 0 Å². The topological polar surface area (TPSA) is 54.0 Å². The minimum atomic E-state index is 0. The second-order valence-corrected chi connectivity index (χ2v) is 6.24. The Morgan fingerprint density at radius 3 is 2.38 bits per heavy atom. The Bertz CT molecular complexity index is 521. The Kier molecular flexibility index (Phi) is 8.43. The van der Waals surface area contributed by atoms with E-state index in [4.69, 9.17) is 9.47 Å². The molecule has 0 radical (unpaired) electrons. The molecule has 5 nitrogen and oxygen atoms in total. The highest BCUT2D eigenvalue weighted by molar-refractivity contribution is 5.85. The maximum atomic E-state index is 10.6. The molecule has 1 aromatic rings. The van der Waals surface area contributed by atoms with Gasteiger partial charge in [-0.25, -0.2) is 0 Å². The molecule has 1 aliphatic heterocycles. The molecule has 0 amide bonds. The number of halogens is 2. The quantitative estimate of drug-likeness (QED) is 0.796. The highest BCUT2D eigenvalue weighted by Crippen LogP contribution is 2.46. The smallest absolute Gasteiger partial charge is 0.131 e. The van der Waals surface area contributed by atoms with E-state index < -0.39 is 0 Å². The SMILES string of the molecule is COc1cc(O)c([C@H](CC2CC2)N2CCNCC2)c(OC)c1.Cl.Cl. The van der Waals surface area contributed by atoms with Crippen molar-refractivity contribution in [1.82, 2.24) is 10.2 Å². The second-order valence-electron chi connectivity index (χ2n) is 6.24. The average molecular weight is 379 g/mol. The summed E-state index contributed by atoms with van der Waals surface area (Å²) in [6.45, 7) is 4.01. The summed E-state index contributed by atoms with van der Waals surface area (Å²) in [4.78, 5) is 2.47. The van der Waals surface area contributed by atoms with E-state index in [1.807, 2.05) is 6.07 Å². The monoisotopic (exact) mass is 378 g/mol. The predicted molar refractivity (Wildman–Crippen MR) is 100 cm³/mol. The summed E-state index contributed by atoms with van der Waals surface area (Å²) >= 11 is 0. The Morgan fingerprint density at radius 1 is 1.17 bits per heavy atom. The summed E-state index contributed by atoms with van der Waals surface area (Å²) < 4.78 is 10.8. The number of rotatable bonds is 6. The van der Waals surface area contributed by atoms with E-state index in [1.54, 1.807) is 20.3 Å². The molecule has 2 aliphatic rings. The van der Waals surface area contributed by atoms with Gasteiger partial charge in [-0.05, 0) is 12.3 Å². The van der Waals surface area contributed by atoms with Gasteiger partial charge in [-0.1, -0.05) is 12.8 Å². The number of ether oxygens (including phenoxy) is 2. The first kappa shape index (κ1) is 21.2. The molecule has 0 unspecified atom stereocenters. The molecule has 1 atom stereocenters. The number of benzene rings is 1. The molecule has 1 heterocycles. The number of hydrogen-bond donors (Lipinski definition) is 2. The van der Waals surface area contributed by atoms with Gasteiger partial charge in [0.15, 0.2) is 0 Å². The van der Waals surface area contributed by atoms with Gasteiger partial charge in [0.25, 0.3) is 0 Å². The van der Waals surface area contributed by atoms with Crippen LogP contribution in [0.1, 0.15) is 30.9 Å². The molecule has 1 saturated carbocycles. The Balaban J connectivity index is 0.00000144. The van der Waals surface area contributed by atoms with Crippen LogP contribution in [0.25, 0.3) is 0 Å². The molecule has 0 bridgehead atoms. The fourth-order valence-corrected chi connectivity index (χ4v) is 3.32. The zero-order chi connectivity index (χ0) is 15.5. The van der Waals surface area contributed by atoms with Gasteiger partial charge in [-0.15, -0.1) is 24.8 Å². The molecule has 138 valence electrons. The number of nitrogens with one attached hydrogen (secondary N) is 1. The van der Waals surface area contributed by atoms with Gasteiger partial charge in [0.05, 0.1) is 19.8 Å². The Hall–Kier alpha value is -0.880. The van der Waals surface area contributed by atoms with Crippen LogP contribution in [-0.2, 0) is 0 Å². The van der Waals surface area contributed by atoms with Gasteiger partial charge in [0.2, 0.25) is 0 Å². The van der Waals surface area contributed by atoms with Gasteiger partial charge >= 0.3 is 0 Å². The van der Waals surface area contributed by atoms with E-state index in [2.05, 4.69) is 10.2 Å². The molecular formula is C17H28Cl2N2O3. The first-order valence-electron chi connectivity index (χ1n) is 8.12. The summed E-state index contributed by atoms with van der Waals surface area (Å²) in [7, 11) is 3.26. The van der Waals surface area contributed by atoms with Crippen molar-refractivity contribution < 1.29 is 14.6 Å². The molecule has 2 fully saturated rings. The van der Waals surface area contributed by atoms with E-state index in [0.29, 0.717) is 5.75 Å². The number of piperazine rings is 1. The lowest BCUT2D eigenvalue weighted by Crippen LogP contribution is -2.45. The molecule has 2 N–H and O–H groups in total. The van der Waals surface area contributed by atoms with E-state index in [1.165, 1.54) is 12.8 Å². The number of nitrogens with zero attached hydrogens (tertiary/aromatic N) is 1. The zero-order valence-corrected chi connectivity index (χ0v) is 15.9. The lowest BCUT2D eigenvalue weighted by Gasteiger charge is -2.36. The normalized spacial score (nSPS) is 18.9. The fraction of sp³-hybridized carbons (Fsp3) is 0.647. The van der Waals surface area contributed by atoms with Crippen LogP contribution < -0.4 is 14.8 Å². The average Bonchev–Trinajstić information content (AvgIpc) is 3.37. The standard InChI is InChI=1S/C17H26N2O3.2ClH/c1-21-13-10-15(20)17(16(11-13)22-2)14(9-12-3-4-12)19-7-5-18-6-8-19;;/h10-12,14,18,20H,3-9H2,1-2H3;2*1H/t14-;;/m0../s1. The van der Waals surface area contributed by atoms with Crippen molar-refractivity contribution in [2.24, 2.45) is 5.92 Å². The molecule has 0 spiro atoms. The van der Waals surface area contributed by atoms with Gasteiger partial charge in [-0.3, -0.25) is 4.90 Å². The van der Waals surface area contributed by atoms with Crippen LogP contribution in [0.15, 0.2) is 12.1 Å². The summed E-state index contributed by atoms with van der Waals surface area (Å²) in [6, 6.07) is 3.78. The minimum absolute atomic E-state index is 0. The van der Waals surface area contributed by atoms with Gasteiger partial charge in [-0.2, -0.15) is 0 Å². The molecule has 1 aromatic carbocycles. The molecule has 1 aliphatic carbocycles. The van der Waals surface area contributed by atoms with Gasteiger partial charge in [0, 0.05) is 44.4 Å². The van der Waals surface area contributed by atoms with Crippen LogP contribution in [0.5, 0.6) is 17.2 Å². The van der Waals surface area contributed by atoms with Crippen molar-refractivity contribution in [3.05, 3.63) is 17.7 Å². The third-order valence-corrected chi connectivity index (χ3v) is 4.73. The summed E-state index contributed by atoms with van der Waals surface area (Å²) in [5.41, 5.74) is 0.914. The first-order chi connectivity index (χ1) is 10.7. The van der Waals surface area contributed by atoms with Gasteiger partial charge in [0.1, 0.15) is 17.2 Å². The maximum absolute atomic E-state index is 10.6. The van der Waals surface area contributed by atoms with Crippen LogP contribution in [0.4, 0.5) is 0 Å². The third-order valence-electron chi connectivity index (χ3n) is 4.73. The number of hydrogen-bond acceptors (Lipinski definition) is 5.